The second-order valence-electron chi connectivity index (χ2n) is 13.8. The lowest BCUT2D eigenvalue weighted by molar-refractivity contribution is -0.140. The van der Waals surface area contributed by atoms with Crippen molar-refractivity contribution in [3.8, 4) is 0 Å². The van der Waals surface area contributed by atoms with Crippen LogP contribution in [0.3, 0.4) is 0 Å². The summed E-state index contributed by atoms with van der Waals surface area (Å²) in [5.41, 5.74) is 3.46. The van der Waals surface area contributed by atoms with Crippen LogP contribution in [-0.2, 0) is 25.5 Å². The summed E-state index contributed by atoms with van der Waals surface area (Å²) in [7, 11) is 0. The number of hydrogen-bond donors (Lipinski definition) is 1. The molecule has 0 radical (unpaired) electrons. The summed E-state index contributed by atoms with van der Waals surface area (Å²) >= 11 is 0. The van der Waals surface area contributed by atoms with Gasteiger partial charge in [0.2, 0.25) is 0 Å². The van der Waals surface area contributed by atoms with E-state index in [-0.39, 0.29) is 18.1 Å². The number of fused-ring (bicyclic) bond motifs is 1. The van der Waals surface area contributed by atoms with E-state index in [0.717, 1.165) is 24.7 Å². The smallest absolute Gasteiger partial charge is 0.335 e. The van der Waals surface area contributed by atoms with Gasteiger partial charge in [-0.3, -0.25) is 0 Å². The van der Waals surface area contributed by atoms with Gasteiger partial charge in [0.25, 0.3) is 0 Å². The molecule has 2 aromatic rings. The van der Waals surface area contributed by atoms with E-state index in [1.807, 2.05) is 0 Å². The standard InChI is InChI=1S/C40H56O5/c1-5-6-7-8-30-9-10-38-26-37(20-19-36(38)25-30)34-17-15-32(16-18-34)31-11-13-33(14-12-31)35(21-23-44-39(42)28(2)3)22-24-45-40(43)29(4)27-41/h9-10,19-20,25-26,31-35,41H,2,4-8,11-18,21-24,27H2,1,3H3. The SMILES string of the molecule is C=C(C)C(=O)OCCC(CCOC(=O)C(=C)CO)C1CCC(C2CCC(c3ccc4cc(CCCCC)ccc4c3)CC2)CC1. The van der Waals surface area contributed by atoms with E-state index in [4.69, 9.17) is 14.6 Å². The average molecular weight is 617 g/mol. The summed E-state index contributed by atoms with van der Waals surface area (Å²) in [6.07, 6.45) is 16.6. The summed E-state index contributed by atoms with van der Waals surface area (Å²) < 4.78 is 10.8. The highest BCUT2D eigenvalue weighted by molar-refractivity contribution is 5.88. The molecule has 2 fully saturated rings. The number of aliphatic hydroxyl groups excluding tert-OH is 1. The molecule has 2 aliphatic carbocycles. The van der Waals surface area contributed by atoms with Gasteiger partial charge in [-0.25, -0.2) is 9.59 Å². The molecule has 1 unspecified atom stereocenters. The van der Waals surface area contributed by atoms with E-state index < -0.39 is 12.6 Å². The Morgan fingerprint density at radius 3 is 2.04 bits per heavy atom. The van der Waals surface area contributed by atoms with Crippen molar-refractivity contribution in [2.75, 3.05) is 19.8 Å². The highest BCUT2D eigenvalue weighted by Crippen LogP contribution is 2.46. The van der Waals surface area contributed by atoms with Gasteiger partial charge in [-0.1, -0.05) is 69.3 Å². The van der Waals surface area contributed by atoms with Gasteiger partial charge in [-0.05, 0) is 135 Å². The van der Waals surface area contributed by atoms with Gasteiger partial charge >= 0.3 is 11.9 Å². The molecule has 0 saturated heterocycles. The van der Waals surface area contributed by atoms with Crippen LogP contribution in [0.4, 0.5) is 0 Å². The molecule has 45 heavy (non-hydrogen) atoms. The Kier molecular flexibility index (Phi) is 13.7. The van der Waals surface area contributed by atoms with Crippen LogP contribution in [0.5, 0.6) is 0 Å². The quantitative estimate of drug-likeness (QED) is 0.116. The first-order chi connectivity index (χ1) is 21.8. The Balaban J connectivity index is 1.26. The third-order valence-corrected chi connectivity index (χ3v) is 10.7. The van der Waals surface area contributed by atoms with E-state index >= 15 is 0 Å². The average Bonchev–Trinajstić information content (AvgIpc) is 3.07. The molecule has 2 saturated carbocycles. The Labute approximate surface area is 271 Å². The van der Waals surface area contributed by atoms with Crippen LogP contribution in [0.1, 0.15) is 114 Å². The van der Waals surface area contributed by atoms with Crippen molar-refractivity contribution in [2.24, 2.45) is 23.7 Å². The van der Waals surface area contributed by atoms with Gasteiger partial charge in [0.05, 0.1) is 25.4 Å². The summed E-state index contributed by atoms with van der Waals surface area (Å²) in [5.74, 6) is 2.23. The van der Waals surface area contributed by atoms with E-state index in [1.54, 1.807) is 6.92 Å². The van der Waals surface area contributed by atoms with Crippen molar-refractivity contribution < 1.29 is 24.2 Å². The first kappa shape index (κ1) is 34.9. The van der Waals surface area contributed by atoms with E-state index in [9.17, 15) is 9.59 Å². The third-order valence-electron chi connectivity index (χ3n) is 10.7. The monoisotopic (exact) mass is 616 g/mol. The highest BCUT2D eigenvalue weighted by Gasteiger charge is 2.34. The van der Waals surface area contributed by atoms with Crippen LogP contribution in [0.15, 0.2) is 60.7 Å². The van der Waals surface area contributed by atoms with Gasteiger partial charge in [-0.2, -0.15) is 0 Å². The number of aryl methyl sites for hydroxylation is 1. The highest BCUT2D eigenvalue weighted by atomic mass is 16.5. The molecule has 5 nitrogen and oxygen atoms in total. The summed E-state index contributed by atoms with van der Waals surface area (Å²) in [6.45, 7) is 11.4. The lowest BCUT2D eigenvalue weighted by Crippen LogP contribution is -2.29. The Hall–Kier alpha value is -2.92. The van der Waals surface area contributed by atoms with Gasteiger partial charge in [0.1, 0.15) is 0 Å². The number of benzene rings is 2. The van der Waals surface area contributed by atoms with Gasteiger partial charge in [0.15, 0.2) is 0 Å². The lowest BCUT2D eigenvalue weighted by atomic mass is 9.66. The molecule has 1 N–H and O–H groups in total. The molecule has 5 heteroatoms. The Morgan fingerprint density at radius 2 is 1.42 bits per heavy atom. The van der Waals surface area contributed by atoms with Crippen molar-refractivity contribution in [3.05, 3.63) is 71.8 Å². The predicted molar refractivity (Wildman–Crippen MR) is 183 cm³/mol. The molecule has 0 amide bonds. The second kappa shape index (κ2) is 17.7. The molecular formula is C40H56O5. The molecule has 2 aromatic carbocycles. The van der Waals surface area contributed by atoms with Gasteiger partial charge in [0, 0.05) is 5.57 Å². The molecule has 0 heterocycles. The molecule has 246 valence electrons. The zero-order valence-electron chi connectivity index (χ0n) is 27.9. The van der Waals surface area contributed by atoms with E-state index in [0.29, 0.717) is 29.9 Å². The minimum Gasteiger partial charge on any atom is -0.462 e. The minimum atomic E-state index is -0.542. The zero-order chi connectivity index (χ0) is 32.2. The molecule has 0 aliphatic heterocycles. The number of unbranched alkanes of at least 4 members (excludes halogenated alkanes) is 2. The largest absolute Gasteiger partial charge is 0.462 e. The van der Waals surface area contributed by atoms with Crippen LogP contribution in [0, 0.1) is 23.7 Å². The summed E-state index contributed by atoms with van der Waals surface area (Å²) in [4.78, 5) is 23.9. The number of carbonyl (C=O) groups is 2. The third kappa shape index (κ3) is 10.3. The number of aliphatic hydroxyl groups is 1. The molecule has 0 aromatic heterocycles. The number of carbonyl (C=O) groups excluding carboxylic acids is 2. The molecule has 1 atom stereocenters. The number of ether oxygens (including phenoxy) is 2. The number of hydrogen-bond acceptors (Lipinski definition) is 5. The van der Waals surface area contributed by atoms with Crippen LogP contribution in [0.25, 0.3) is 10.8 Å². The van der Waals surface area contributed by atoms with Crippen molar-refractivity contribution in [1.29, 1.82) is 0 Å². The van der Waals surface area contributed by atoms with E-state index in [1.165, 1.54) is 98.9 Å². The molecular weight excluding hydrogens is 560 g/mol. The normalized spacial score (nSPS) is 22.5. The van der Waals surface area contributed by atoms with Crippen LogP contribution < -0.4 is 0 Å². The van der Waals surface area contributed by atoms with E-state index in [2.05, 4.69) is 56.5 Å². The maximum absolute atomic E-state index is 12.0. The maximum Gasteiger partial charge on any atom is 0.335 e. The predicted octanol–water partition coefficient (Wildman–Crippen LogP) is 9.26. The van der Waals surface area contributed by atoms with Gasteiger partial charge < -0.3 is 14.6 Å². The molecule has 2 aliphatic rings. The van der Waals surface area contributed by atoms with Crippen molar-refractivity contribution in [3.63, 3.8) is 0 Å². The van der Waals surface area contributed by atoms with Crippen molar-refractivity contribution in [1.82, 2.24) is 0 Å². The first-order valence-electron chi connectivity index (χ1n) is 17.6. The zero-order valence-corrected chi connectivity index (χ0v) is 27.9. The number of rotatable bonds is 16. The van der Waals surface area contributed by atoms with Crippen molar-refractivity contribution >= 4 is 22.7 Å². The maximum atomic E-state index is 12.0. The molecule has 0 spiro atoms. The fourth-order valence-electron chi connectivity index (χ4n) is 7.83. The van der Waals surface area contributed by atoms with Crippen LogP contribution in [0.2, 0.25) is 0 Å². The Bertz CT molecular complexity index is 1280. The number of esters is 2. The fourth-order valence-corrected chi connectivity index (χ4v) is 7.83. The summed E-state index contributed by atoms with van der Waals surface area (Å²) in [5, 5.41) is 11.9. The lowest BCUT2D eigenvalue weighted by Gasteiger charge is -2.40. The fraction of sp³-hybridized carbons (Fsp3) is 0.600. The molecule has 0 bridgehead atoms. The van der Waals surface area contributed by atoms with Crippen molar-refractivity contribution in [2.45, 2.75) is 110 Å². The second-order valence-corrected chi connectivity index (χ2v) is 13.8. The first-order valence-corrected chi connectivity index (χ1v) is 17.6. The minimum absolute atomic E-state index is 0.0736. The van der Waals surface area contributed by atoms with Crippen LogP contribution >= 0.6 is 0 Å². The Morgan fingerprint density at radius 1 is 0.822 bits per heavy atom. The van der Waals surface area contributed by atoms with Crippen LogP contribution in [-0.4, -0.2) is 36.9 Å². The summed E-state index contributed by atoms with van der Waals surface area (Å²) in [6, 6.07) is 14.2. The molecule has 4 rings (SSSR count). The van der Waals surface area contributed by atoms with Gasteiger partial charge in [-0.15, -0.1) is 0 Å². The topological polar surface area (TPSA) is 72.8 Å².